The highest BCUT2D eigenvalue weighted by atomic mass is 16.5. The average Bonchev–Trinajstić information content (AvgIpc) is 3.53. The van der Waals surface area contributed by atoms with Crippen molar-refractivity contribution in [3.05, 3.63) is 65.1 Å². The molecule has 0 bridgehead atoms. The van der Waals surface area contributed by atoms with E-state index in [1.807, 2.05) is 30.3 Å². The summed E-state index contributed by atoms with van der Waals surface area (Å²) in [7, 11) is 1.30. The van der Waals surface area contributed by atoms with Crippen LogP contribution >= 0.6 is 0 Å². The van der Waals surface area contributed by atoms with E-state index in [4.69, 9.17) is 9.15 Å². The number of fused-ring (bicyclic) bond motifs is 1. The number of rotatable bonds is 6. The smallest absolute Gasteiger partial charge is 0.341 e. The number of benzene rings is 2. The van der Waals surface area contributed by atoms with Crippen LogP contribution in [-0.4, -0.2) is 24.9 Å². The molecule has 1 aromatic heterocycles. The fourth-order valence-electron chi connectivity index (χ4n) is 3.32. The van der Waals surface area contributed by atoms with Gasteiger partial charge in [-0.25, -0.2) is 4.79 Å². The van der Waals surface area contributed by atoms with Crippen LogP contribution in [0.25, 0.3) is 10.8 Å². The minimum Gasteiger partial charge on any atom is -0.465 e. The van der Waals surface area contributed by atoms with Gasteiger partial charge in [0.05, 0.1) is 24.9 Å². The van der Waals surface area contributed by atoms with Crippen LogP contribution in [0.2, 0.25) is 0 Å². The number of nitrogens with one attached hydrogen (secondary N) is 2. The van der Waals surface area contributed by atoms with Crippen LogP contribution in [0.5, 0.6) is 0 Å². The molecule has 2 amide bonds. The zero-order valence-corrected chi connectivity index (χ0v) is 16.8. The molecule has 2 N–H and O–H groups in total. The normalized spacial score (nSPS) is 13.1. The Kier molecular flexibility index (Phi) is 5.27. The van der Waals surface area contributed by atoms with E-state index in [0.717, 1.165) is 23.6 Å². The molecular weight excluding hydrogens is 384 g/mol. The van der Waals surface area contributed by atoms with E-state index >= 15 is 0 Å². The third-order valence-corrected chi connectivity index (χ3v) is 5.13. The summed E-state index contributed by atoms with van der Waals surface area (Å²) in [6.07, 6.45) is 1.75. The Balaban J connectivity index is 1.57. The molecule has 0 unspecified atom stereocenters. The number of hydrogen-bond donors (Lipinski definition) is 2. The van der Waals surface area contributed by atoms with Crippen molar-refractivity contribution in [1.29, 1.82) is 0 Å². The van der Waals surface area contributed by atoms with Crippen molar-refractivity contribution in [2.45, 2.75) is 26.3 Å². The van der Waals surface area contributed by atoms with Gasteiger partial charge in [0.25, 0.3) is 5.91 Å². The fourth-order valence-corrected chi connectivity index (χ4v) is 3.32. The van der Waals surface area contributed by atoms with Gasteiger partial charge in [0.15, 0.2) is 0 Å². The minimum absolute atomic E-state index is 0.0234. The van der Waals surface area contributed by atoms with Crippen molar-refractivity contribution in [1.82, 2.24) is 5.32 Å². The van der Waals surface area contributed by atoms with Gasteiger partial charge in [0.1, 0.15) is 17.1 Å². The molecule has 4 rings (SSSR count). The number of methoxy groups -OCH3 is 1. The maximum Gasteiger partial charge on any atom is 0.341 e. The zero-order chi connectivity index (χ0) is 21.3. The Morgan fingerprint density at radius 1 is 1.07 bits per heavy atom. The molecule has 2 aromatic carbocycles. The molecule has 0 atom stereocenters. The molecule has 1 aliphatic rings. The molecule has 0 radical (unpaired) electrons. The third-order valence-electron chi connectivity index (χ3n) is 5.13. The number of carbonyl (C=O) groups excluding carboxylic acids is 3. The fraction of sp³-hybridized carbons (Fsp3) is 0.261. The number of aryl methyl sites for hydroxylation is 1. The maximum atomic E-state index is 12.9. The van der Waals surface area contributed by atoms with Gasteiger partial charge in [0, 0.05) is 5.92 Å². The van der Waals surface area contributed by atoms with Crippen molar-refractivity contribution >= 4 is 34.2 Å². The molecule has 1 fully saturated rings. The van der Waals surface area contributed by atoms with Gasteiger partial charge < -0.3 is 19.8 Å². The van der Waals surface area contributed by atoms with Crippen LogP contribution in [0.1, 0.15) is 45.1 Å². The predicted octanol–water partition coefficient (Wildman–Crippen LogP) is 3.81. The summed E-state index contributed by atoms with van der Waals surface area (Å²) in [5.41, 5.74) is 1.18. The van der Waals surface area contributed by atoms with Gasteiger partial charge in [-0.15, -0.1) is 0 Å². The summed E-state index contributed by atoms with van der Waals surface area (Å²) in [6, 6.07) is 12.8. The first-order valence-corrected chi connectivity index (χ1v) is 9.75. The van der Waals surface area contributed by atoms with Crippen molar-refractivity contribution < 1.29 is 23.5 Å². The van der Waals surface area contributed by atoms with Crippen molar-refractivity contribution in [2.24, 2.45) is 5.92 Å². The first-order valence-electron chi connectivity index (χ1n) is 9.75. The van der Waals surface area contributed by atoms with Crippen molar-refractivity contribution in [3.63, 3.8) is 0 Å². The largest absolute Gasteiger partial charge is 0.465 e. The van der Waals surface area contributed by atoms with E-state index in [0.29, 0.717) is 28.3 Å². The lowest BCUT2D eigenvalue weighted by molar-refractivity contribution is -0.117. The standard InChI is InChI=1S/C23H22N2O5/c1-13-18(23(28)29-2)11-17(30-13)12-24-22(27)19-9-15-5-3-4-6-16(15)10-20(19)25-21(26)14-7-8-14/h3-6,9-11,14H,7-8,12H2,1-2H3,(H,24,27)(H,25,26). The second-order valence-corrected chi connectivity index (χ2v) is 7.37. The summed E-state index contributed by atoms with van der Waals surface area (Å²) in [6.45, 7) is 1.76. The molecule has 1 saturated carbocycles. The number of anilines is 1. The SMILES string of the molecule is COC(=O)c1cc(CNC(=O)c2cc3ccccc3cc2NC(=O)C2CC2)oc1C. The van der Waals surface area contributed by atoms with E-state index < -0.39 is 5.97 Å². The number of amides is 2. The highest BCUT2D eigenvalue weighted by molar-refractivity contribution is 6.08. The number of hydrogen-bond acceptors (Lipinski definition) is 5. The Labute approximate surface area is 173 Å². The molecule has 0 saturated heterocycles. The summed E-state index contributed by atoms with van der Waals surface area (Å²) < 4.78 is 10.3. The third kappa shape index (κ3) is 4.05. The molecule has 1 heterocycles. The van der Waals surface area contributed by atoms with E-state index in [1.165, 1.54) is 7.11 Å². The molecule has 154 valence electrons. The average molecular weight is 406 g/mol. The number of furan rings is 1. The van der Waals surface area contributed by atoms with Gasteiger partial charge in [-0.05, 0) is 48.7 Å². The Hall–Kier alpha value is -3.61. The molecule has 0 spiro atoms. The number of ether oxygens (including phenoxy) is 1. The zero-order valence-electron chi connectivity index (χ0n) is 16.8. The first kappa shape index (κ1) is 19.7. The second-order valence-electron chi connectivity index (χ2n) is 7.37. The highest BCUT2D eigenvalue weighted by Gasteiger charge is 2.30. The molecule has 1 aliphatic carbocycles. The minimum atomic E-state index is -0.492. The first-order chi connectivity index (χ1) is 14.5. The van der Waals surface area contributed by atoms with Crippen LogP contribution < -0.4 is 10.6 Å². The highest BCUT2D eigenvalue weighted by Crippen LogP contribution is 2.32. The van der Waals surface area contributed by atoms with E-state index in [2.05, 4.69) is 10.6 Å². The maximum absolute atomic E-state index is 12.9. The van der Waals surface area contributed by atoms with Crippen molar-refractivity contribution in [2.75, 3.05) is 12.4 Å². The van der Waals surface area contributed by atoms with Crippen molar-refractivity contribution in [3.8, 4) is 0 Å². The molecule has 3 aromatic rings. The van der Waals surface area contributed by atoms with Crippen LogP contribution in [-0.2, 0) is 16.1 Å². The lowest BCUT2D eigenvalue weighted by Crippen LogP contribution is -2.25. The quantitative estimate of drug-likeness (QED) is 0.607. The molecule has 30 heavy (non-hydrogen) atoms. The Morgan fingerprint density at radius 2 is 1.77 bits per heavy atom. The molecule has 7 nitrogen and oxygen atoms in total. The second kappa shape index (κ2) is 8.02. The summed E-state index contributed by atoms with van der Waals surface area (Å²) in [5, 5.41) is 7.53. The Bertz CT molecular complexity index is 1140. The van der Waals surface area contributed by atoms with Gasteiger partial charge in [-0.3, -0.25) is 9.59 Å². The lowest BCUT2D eigenvalue weighted by Gasteiger charge is -2.13. The lowest BCUT2D eigenvalue weighted by atomic mass is 10.0. The van der Waals surface area contributed by atoms with Crippen LogP contribution in [0.4, 0.5) is 5.69 Å². The van der Waals surface area contributed by atoms with E-state index in [1.54, 1.807) is 19.1 Å². The summed E-state index contributed by atoms with van der Waals surface area (Å²) in [4.78, 5) is 37.0. The van der Waals surface area contributed by atoms with Crippen LogP contribution in [0.3, 0.4) is 0 Å². The number of esters is 1. The number of carbonyl (C=O) groups is 3. The van der Waals surface area contributed by atoms with Crippen LogP contribution in [0, 0.1) is 12.8 Å². The molecule has 0 aliphatic heterocycles. The van der Waals surface area contributed by atoms with E-state index in [-0.39, 0.29) is 24.3 Å². The van der Waals surface area contributed by atoms with Gasteiger partial charge in [0.2, 0.25) is 5.91 Å². The van der Waals surface area contributed by atoms with E-state index in [9.17, 15) is 14.4 Å². The van der Waals surface area contributed by atoms with Gasteiger partial charge in [-0.2, -0.15) is 0 Å². The van der Waals surface area contributed by atoms with Crippen LogP contribution in [0.15, 0.2) is 46.9 Å². The Morgan fingerprint density at radius 3 is 2.43 bits per heavy atom. The molecule has 7 heteroatoms. The predicted molar refractivity (Wildman–Crippen MR) is 111 cm³/mol. The van der Waals surface area contributed by atoms with Gasteiger partial charge >= 0.3 is 5.97 Å². The van der Waals surface area contributed by atoms with Gasteiger partial charge in [-0.1, -0.05) is 24.3 Å². The molecular formula is C23H22N2O5. The topological polar surface area (TPSA) is 97.6 Å². The monoisotopic (exact) mass is 406 g/mol. The summed E-state index contributed by atoms with van der Waals surface area (Å²) in [5.74, 6) is -0.0207. The summed E-state index contributed by atoms with van der Waals surface area (Å²) >= 11 is 0.